The van der Waals surface area contributed by atoms with Crippen LogP contribution in [0, 0.1) is 12.7 Å². The van der Waals surface area contributed by atoms with Crippen molar-refractivity contribution in [2.24, 2.45) is 0 Å². The summed E-state index contributed by atoms with van der Waals surface area (Å²) in [6.07, 6.45) is 0. The van der Waals surface area contributed by atoms with Crippen LogP contribution >= 0.6 is 11.3 Å². The van der Waals surface area contributed by atoms with Crippen molar-refractivity contribution >= 4 is 53.4 Å². The first-order valence-electron chi connectivity index (χ1n) is 16.5. The molecule has 0 N–H and O–H groups in total. The summed E-state index contributed by atoms with van der Waals surface area (Å²) in [5.74, 6) is 0.485. The summed E-state index contributed by atoms with van der Waals surface area (Å²) in [5.41, 5.74) is 7.19. The standard InChI is InChI=1S/C41H26FN3S/c1-25-18-20-27(21-19-25)35-23-22-31-30-14-9-15-32(39(30)46-41(31)44-35)40-43-36-16-7-8-17-37(36)45(40)38-29-13-6-5-12-28(29)34(42)24-33(38)26-10-3-2-4-11-26/h2-24H,1H3/i1D3. The molecule has 0 saturated heterocycles. The summed E-state index contributed by atoms with van der Waals surface area (Å²) in [7, 11) is 0. The smallest absolute Gasteiger partial charge is 0.147 e. The summed E-state index contributed by atoms with van der Waals surface area (Å²) in [5, 5.41) is 3.44. The van der Waals surface area contributed by atoms with Crippen molar-refractivity contribution in [2.75, 3.05) is 0 Å². The highest BCUT2D eigenvalue weighted by Crippen LogP contribution is 2.44. The Kier molecular flexibility index (Phi) is 5.39. The quantitative estimate of drug-likeness (QED) is 0.197. The minimum atomic E-state index is -2.16. The largest absolute Gasteiger partial charge is 0.291 e. The summed E-state index contributed by atoms with van der Waals surface area (Å²) < 4.78 is 42.2. The van der Waals surface area contributed by atoms with E-state index in [1.54, 1.807) is 29.5 Å². The number of hydrogen-bond acceptors (Lipinski definition) is 3. The lowest BCUT2D eigenvalue weighted by atomic mass is 9.97. The molecule has 3 nitrogen and oxygen atoms in total. The van der Waals surface area contributed by atoms with E-state index in [0.717, 1.165) is 76.2 Å². The molecule has 0 aliphatic carbocycles. The Labute approximate surface area is 273 Å². The van der Waals surface area contributed by atoms with Gasteiger partial charge in [-0.2, -0.15) is 0 Å². The SMILES string of the molecule is [2H]C([2H])([2H])c1ccc(-c2ccc3c(n2)sc2c(-c4nc5ccccc5n4-c4c(-c5ccccc5)cc(F)c5ccccc45)cccc23)cc1. The molecule has 0 radical (unpaired) electrons. The number of pyridine rings is 1. The number of para-hydroxylation sites is 2. The van der Waals surface area contributed by atoms with Crippen LogP contribution in [-0.2, 0) is 0 Å². The molecule has 3 aromatic heterocycles. The highest BCUT2D eigenvalue weighted by Gasteiger charge is 2.23. The normalized spacial score (nSPS) is 12.9. The van der Waals surface area contributed by atoms with Crippen LogP contribution in [0.4, 0.5) is 4.39 Å². The number of imidazole rings is 1. The number of rotatable bonds is 4. The number of aryl methyl sites for hydroxylation is 1. The van der Waals surface area contributed by atoms with Gasteiger partial charge in [-0.15, -0.1) is 11.3 Å². The van der Waals surface area contributed by atoms with Crippen LogP contribution in [0.3, 0.4) is 0 Å². The van der Waals surface area contributed by atoms with Gasteiger partial charge in [0.2, 0.25) is 0 Å². The summed E-state index contributed by atoms with van der Waals surface area (Å²) in [4.78, 5) is 11.2. The first kappa shape index (κ1) is 23.7. The van der Waals surface area contributed by atoms with Crippen molar-refractivity contribution in [1.29, 1.82) is 0 Å². The average molecular weight is 615 g/mol. The van der Waals surface area contributed by atoms with Crippen molar-refractivity contribution in [1.82, 2.24) is 14.5 Å². The lowest BCUT2D eigenvalue weighted by molar-refractivity contribution is 0.640. The van der Waals surface area contributed by atoms with E-state index in [2.05, 4.69) is 34.9 Å². The number of halogens is 1. The van der Waals surface area contributed by atoms with Gasteiger partial charge in [0, 0.05) is 47.0 Å². The van der Waals surface area contributed by atoms with Crippen LogP contribution in [0.25, 0.3) is 81.6 Å². The molecule has 5 heteroatoms. The van der Waals surface area contributed by atoms with Gasteiger partial charge >= 0.3 is 0 Å². The molecule has 0 aliphatic heterocycles. The number of fused-ring (bicyclic) bond motifs is 5. The number of thiophene rings is 1. The fraction of sp³-hybridized carbons (Fsp3) is 0.0244. The minimum Gasteiger partial charge on any atom is -0.291 e. The first-order valence-corrected chi connectivity index (χ1v) is 15.8. The van der Waals surface area contributed by atoms with E-state index in [0.29, 0.717) is 10.9 Å². The zero-order chi connectivity index (χ0) is 33.3. The Morgan fingerprint density at radius 1 is 0.630 bits per heavy atom. The van der Waals surface area contributed by atoms with Gasteiger partial charge in [-0.25, -0.2) is 14.4 Å². The van der Waals surface area contributed by atoms with Gasteiger partial charge in [-0.1, -0.05) is 109 Å². The van der Waals surface area contributed by atoms with Gasteiger partial charge in [0.05, 0.1) is 22.4 Å². The molecule has 46 heavy (non-hydrogen) atoms. The second-order valence-corrected chi connectivity index (χ2v) is 12.3. The Morgan fingerprint density at radius 2 is 1.39 bits per heavy atom. The van der Waals surface area contributed by atoms with Crippen LogP contribution in [0.2, 0.25) is 0 Å². The van der Waals surface area contributed by atoms with Crippen LogP contribution in [0.5, 0.6) is 0 Å². The number of hydrogen-bond donors (Lipinski definition) is 0. The van der Waals surface area contributed by atoms with Gasteiger partial charge in [-0.3, -0.25) is 4.57 Å². The molecule has 0 saturated carbocycles. The summed E-state index contributed by atoms with van der Waals surface area (Å²) in [6, 6.07) is 44.5. The Hall–Kier alpha value is -5.65. The lowest BCUT2D eigenvalue weighted by Crippen LogP contribution is -2.03. The predicted octanol–water partition coefficient (Wildman–Crippen LogP) is 11.4. The molecule has 0 fully saturated rings. The molecule has 0 bridgehead atoms. The highest BCUT2D eigenvalue weighted by molar-refractivity contribution is 7.26. The predicted molar refractivity (Wildman–Crippen MR) is 190 cm³/mol. The summed E-state index contributed by atoms with van der Waals surface area (Å²) >= 11 is 1.61. The van der Waals surface area contributed by atoms with E-state index < -0.39 is 6.85 Å². The third kappa shape index (κ3) is 4.16. The monoisotopic (exact) mass is 614 g/mol. The molecule has 3 heterocycles. The van der Waals surface area contributed by atoms with Gasteiger partial charge in [-0.05, 0) is 48.8 Å². The molecule has 6 aromatic carbocycles. The molecule has 0 spiro atoms. The van der Waals surface area contributed by atoms with Crippen LogP contribution in [-0.4, -0.2) is 14.5 Å². The van der Waals surface area contributed by atoms with Gasteiger partial charge in [0.1, 0.15) is 16.5 Å². The van der Waals surface area contributed by atoms with Crippen molar-refractivity contribution in [3.8, 4) is 39.5 Å². The van der Waals surface area contributed by atoms with Crippen molar-refractivity contribution in [3.05, 3.63) is 151 Å². The Balaban J connectivity index is 1.30. The number of aromatic nitrogens is 3. The maximum atomic E-state index is 15.8. The maximum Gasteiger partial charge on any atom is 0.147 e. The fourth-order valence-electron chi connectivity index (χ4n) is 6.48. The Morgan fingerprint density at radius 3 is 2.24 bits per heavy atom. The van der Waals surface area contributed by atoms with Crippen LogP contribution < -0.4 is 0 Å². The fourth-order valence-corrected chi connectivity index (χ4v) is 7.67. The second-order valence-electron chi connectivity index (χ2n) is 11.3. The van der Waals surface area contributed by atoms with E-state index in [-0.39, 0.29) is 5.82 Å². The molecular weight excluding hydrogens is 586 g/mol. The van der Waals surface area contributed by atoms with Crippen molar-refractivity contribution in [3.63, 3.8) is 0 Å². The zero-order valence-electron chi connectivity index (χ0n) is 27.4. The molecule has 9 rings (SSSR count). The van der Waals surface area contributed by atoms with Crippen LogP contribution in [0.1, 0.15) is 9.68 Å². The average Bonchev–Trinajstić information content (AvgIpc) is 3.70. The van der Waals surface area contributed by atoms with E-state index >= 15 is 4.39 Å². The number of benzene rings is 6. The van der Waals surface area contributed by atoms with E-state index in [9.17, 15) is 0 Å². The molecule has 0 atom stereocenters. The van der Waals surface area contributed by atoms with E-state index in [1.807, 2.05) is 91.0 Å². The van der Waals surface area contributed by atoms with E-state index in [4.69, 9.17) is 14.1 Å². The van der Waals surface area contributed by atoms with Crippen LogP contribution in [0.15, 0.2) is 140 Å². The molecular formula is C41H26FN3S. The highest BCUT2D eigenvalue weighted by atomic mass is 32.1. The molecule has 0 aliphatic rings. The van der Waals surface area contributed by atoms with Gasteiger partial charge in [0.25, 0.3) is 0 Å². The third-order valence-corrected chi connectivity index (χ3v) is 9.77. The minimum absolute atomic E-state index is 0.272. The lowest BCUT2D eigenvalue weighted by Gasteiger charge is -2.18. The first-order chi connectivity index (χ1) is 23.8. The van der Waals surface area contributed by atoms with Crippen molar-refractivity contribution in [2.45, 2.75) is 6.85 Å². The maximum absolute atomic E-state index is 15.8. The van der Waals surface area contributed by atoms with Gasteiger partial charge in [0.15, 0.2) is 0 Å². The van der Waals surface area contributed by atoms with Crippen molar-refractivity contribution < 1.29 is 8.50 Å². The molecule has 0 unspecified atom stereocenters. The molecule has 0 amide bonds. The molecule has 9 aromatic rings. The molecule has 218 valence electrons. The zero-order valence-corrected chi connectivity index (χ0v) is 25.2. The van der Waals surface area contributed by atoms with E-state index in [1.165, 1.54) is 0 Å². The Bertz CT molecular complexity index is 2710. The third-order valence-electron chi connectivity index (χ3n) is 8.62. The second kappa shape index (κ2) is 10.5. The topological polar surface area (TPSA) is 30.7 Å². The number of nitrogens with zero attached hydrogens (tertiary/aromatic N) is 3. The summed E-state index contributed by atoms with van der Waals surface area (Å²) in [6.45, 7) is -2.16. The van der Waals surface area contributed by atoms with Gasteiger partial charge < -0.3 is 0 Å².